The first-order valence-electron chi connectivity index (χ1n) is 3.80. The predicted octanol–water partition coefficient (Wildman–Crippen LogP) is -0.262. The van der Waals surface area contributed by atoms with Crippen molar-refractivity contribution in [2.75, 3.05) is 6.54 Å². The van der Waals surface area contributed by atoms with Crippen LogP contribution in [-0.2, 0) is 0 Å². The van der Waals surface area contributed by atoms with Crippen LogP contribution in [0.2, 0.25) is 0 Å². The monoisotopic (exact) mass is 181 g/mol. The first-order valence-corrected chi connectivity index (χ1v) is 3.80. The lowest BCUT2D eigenvalue weighted by atomic mass is 10.1. The van der Waals surface area contributed by atoms with Crippen LogP contribution in [0, 0.1) is 0 Å². The van der Waals surface area contributed by atoms with Crippen LogP contribution in [0.25, 0.3) is 0 Å². The predicted molar refractivity (Wildman–Crippen MR) is 47.2 cm³/mol. The number of hydrogen-bond donors (Lipinski definition) is 3. The van der Waals surface area contributed by atoms with E-state index in [0.717, 1.165) is 0 Å². The molecule has 0 saturated heterocycles. The van der Waals surface area contributed by atoms with Gasteiger partial charge in [0.15, 0.2) is 0 Å². The van der Waals surface area contributed by atoms with E-state index in [4.69, 9.17) is 16.6 Å². The molecule has 0 bridgehead atoms. The van der Waals surface area contributed by atoms with E-state index in [0.29, 0.717) is 5.56 Å². The number of carboxylic acid groups (broad SMARTS) is 1. The summed E-state index contributed by atoms with van der Waals surface area (Å²) in [5.41, 5.74) is 11.6. The number of pyridine rings is 1. The summed E-state index contributed by atoms with van der Waals surface area (Å²) in [6.45, 7) is 0.281. The zero-order valence-electron chi connectivity index (χ0n) is 6.97. The molecule has 0 amide bonds. The molecule has 5 N–H and O–H groups in total. The summed E-state index contributed by atoms with van der Waals surface area (Å²) in [5, 5.41) is 8.63. The Balaban J connectivity index is 2.98. The third kappa shape index (κ3) is 2.24. The lowest BCUT2D eigenvalue weighted by Crippen LogP contribution is -2.21. The Morgan fingerprint density at radius 2 is 2.38 bits per heavy atom. The maximum Gasteiger partial charge on any atom is 0.354 e. The molecule has 1 unspecified atom stereocenters. The molecule has 5 heteroatoms. The number of nitrogens with zero attached hydrogens (tertiary/aromatic N) is 1. The van der Waals surface area contributed by atoms with Gasteiger partial charge in [-0.15, -0.1) is 0 Å². The van der Waals surface area contributed by atoms with Crippen molar-refractivity contribution in [1.29, 1.82) is 0 Å². The Morgan fingerprint density at radius 3 is 2.92 bits per heavy atom. The largest absolute Gasteiger partial charge is 0.477 e. The number of nitrogens with two attached hydrogens (primary N) is 2. The van der Waals surface area contributed by atoms with Crippen LogP contribution < -0.4 is 11.5 Å². The van der Waals surface area contributed by atoms with E-state index >= 15 is 0 Å². The van der Waals surface area contributed by atoms with Crippen molar-refractivity contribution in [2.45, 2.75) is 6.04 Å². The minimum atomic E-state index is -1.06. The molecule has 1 heterocycles. The molecule has 70 valence electrons. The average Bonchev–Trinajstić information content (AvgIpc) is 2.17. The molecule has 0 saturated carbocycles. The van der Waals surface area contributed by atoms with Gasteiger partial charge in [-0.05, 0) is 17.7 Å². The van der Waals surface area contributed by atoms with Gasteiger partial charge in [0.25, 0.3) is 0 Å². The van der Waals surface area contributed by atoms with Gasteiger partial charge in [0.1, 0.15) is 5.69 Å². The minimum Gasteiger partial charge on any atom is -0.477 e. The summed E-state index contributed by atoms with van der Waals surface area (Å²) in [4.78, 5) is 14.2. The van der Waals surface area contributed by atoms with Crippen LogP contribution in [0.5, 0.6) is 0 Å². The second-order valence-electron chi connectivity index (χ2n) is 2.62. The smallest absolute Gasteiger partial charge is 0.354 e. The topological polar surface area (TPSA) is 102 Å². The van der Waals surface area contributed by atoms with E-state index in [9.17, 15) is 4.79 Å². The van der Waals surface area contributed by atoms with Gasteiger partial charge in [-0.1, -0.05) is 0 Å². The SMILES string of the molecule is NCC(N)c1ccnc(C(=O)O)c1. The standard InChI is InChI=1S/C8H11N3O2/c9-4-6(10)5-1-2-11-7(3-5)8(12)13/h1-3,6H,4,9-10H2,(H,12,13). The molecule has 0 aliphatic heterocycles. The van der Waals surface area contributed by atoms with Gasteiger partial charge in [-0.2, -0.15) is 0 Å². The summed E-state index contributed by atoms with van der Waals surface area (Å²) >= 11 is 0. The maximum atomic E-state index is 10.5. The molecule has 0 fully saturated rings. The molecule has 0 aliphatic carbocycles. The Morgan fingerprint density at radius 1 is 1.69 bits per heavy atom. The van der Waals surface area contributed by atoms with Crippen molar-refractivity contribution in [2.24, 2.45) is 11.5 Å². The fourth-order valence-corrected chi connectivity index (χ4v) is 0.931. The zero-order chi connectivity index (χ0) is 9.84. The number of hydrogen-bond acceptors (Lipinski definition) is 4. The Bertz CT molecular complexity index is 314. The fraction of sp³-hybridized carbons (Fsp3) is 0.250. The third-order valence-electron chi connectivity index (χ3n) is 1.69. The van der Waals surface area contributed by atoms with Crippen molar-refractivity contribution < 1.29 is 9.90 Å². The minimum absolute atomic E-state index is 0.0126. The highest BCUT2D eigenvalue weighted by Crippen LogP contribution is 2.09. The summed E-state index contributed by atoms with van der Waals surface area (Å²) in [5.74, 6) is -1.06. The van der Waals surface area contributed by atoms with Gasteiger partial charge < -0.3 is 16.6 Å². The van der Waals surface area contributed by atoms with E-state index in [-0.39, 0.29) is 18.3 Å². The van der Waals surface area contributed by atoms with Crippen LogP contribution in [0.15, 0.2) is 18.3 Å². The second-order valence-corrected chi connectivity index (χ2v) is 2.62. The molecule has 13 heavy (non-hydrogen) atoms. The van der Waals surface area contributed by atoms with E-state index in [1.807, 2.05) is 0 Å². The summed E-state index contributed by atoms with van der Waals surface area (Å²) < 4.78 is 0. The van der Waals surface area contributed by atoms with Crippen molar-refractivity contribution in [3.8, 4) is 0 Å². The fourth-order valence-electron chi connectivity index (χ4n) is 0.931. The highest BCUT2D eigenvalue weighted by atomic mass is 16.4. The Hall–Kier alpha value is -1.46. The number of carbonyl (C=O) groups is 1. The van der Waals surface area contributed by atoms with Crippen molar-refractivity contribution in [3.63, 3.8) is 0 Å². The molecule has 1 rings (SSSR count). The highest BCUT2D eigenvalue weighted by Gasteiger charge is 2.08. The van der Waals surface area contributed by atoms with Gasteiger partial charge in [-0.3, -0.25) is 0 Å². The summed E-state index contributed by atoms with van der Waals surface area (Å²) in [7, 11) is 0. The van der Waals surface area contributed by atoms with Crippen LogP contribution in [0.1, 0.15) is 22.1 Å². The molecule has 1 aromatic rings. The van der Waals surface area contributed by atoms with Crippen molar-refractivity contribution in [1.82, 2.24) is 4.98 Å². The highest BCUT2D eigenvalue weighted by molar-refractivity contribution is 5.85. The molecule has 0 radical (unpaired) electrons. The number of carboxylic acids is 1. The van der Waals surface area contributed by atoms with Gasteiger partial charge in [0.05, 0.1) is 0 Å². The van der Waals surface area contributed by atoms with Crippen LogP contribution >= 0.6 is 0 Å². The van der Waals surface area contributed by atoms with Gasteiger partial charge in [-0.25, -0.2) is 9.78 Å². The molecule has 0 aliphatic rings. The average molecular weight is 181 g/mol. The van der Waals surface area contributed by atoms with Crippen molar-refractivity contribution >= 4 is 5.97 Å². The summed E-state index contributed by atoms with van der Waals surface area (Å²) in [6, 6.07) is 2.75. The van der Waals surface area contributed by atoms with E-state index < -0.39 is 5.97 Å². The van der Waals surface area contributed by atoms with E-state index in [2.05, 4.69) is 4.98 Å². The number of aromatic nitrogens is 1. The lowest BCUT2D eigenvalue weighted by Gasteiger charge is -2.08. The van der Waals surface area contributed by atoms with Gasteiger partial charge in [0, 0.05) is 18.8 Å². The molecule has 1 aromatic heterocycles. The van der Waals surface area contributed by atoms with Gasteiger partial charge >= 0.3 is 5.97 Å². The Labute approximate surface area is 75.4 Å². The third-order valence-corrected chi connectivity index (χ3v) is 1.69. The van der Waals surface area contributed by atoms with Crippen LogP contribution in [0.3, 0.4) is 0 Å². The maximum absolute atomic E-state index is 10.5. The lowest BCUT2D eigenvalue weighted by molar-refractivity contribution is 0.0690. The number of aromatic carboxylic acids is 1. The second kappa shape index (κ2) is 3.97. The Kier molecular flexibility index (Phi) is 2.94. The molecule has 5 nitrogen and oxygen atoms in total. The van der Waals surface area contributed by atoms with Crippen molar-refractivity contribution in [3.05, 3.63) is 29.6 Å². The van der Waals surface area contributed by atoms with Crippen LogP contribution in [0.4, 0.5) is 0 Å². The van der Waals surface area contributed by atoms with E-state index in [1.54, 1.807) is 6.07 Å². The first kappa shape index (κ1) is 9.63. The zero-order valence-corrected chi connectivity index (χ0v) is 6.97. The quantitative estimate of drug-likeness (QED) is 0.596. The normalized spacial score (nSPS) is 12.5. The van der Waals surface area contributed by atoms with Gasteiger partial charge in [0.2, 0.25) is 0 Å². The molecular weight excluding hydrogens is 170 g/mol. The van der Waals surface area contributed by atoms with E-state index in [1.165, 1.54) is 12.3 Å². The molecule has 1 atom stereocenters. The number of rotatable bonds is 3. The summed E-state index contributed by atoms with van der Waals surface area (Å²) in [6.07, 6.45) is 1.41. The molecular formula is C8H11N3O2. The first-order chi connectivity index (χ1) is 6.15. The molecule has 0 aromatic carbocycles. The molecule has 0 spiro atoms. The van der Waals surface area contributed by atoms with Crippen LogP contribution in [-0.4, -0.2) is 22.6 Å².